The van der Waals surface area contributed by atoms with Crippen molar-refractivity contribution in [3.8, 4) is 0 Å². The van der Waals surface area contributed by atoms with Gasteiger partial charge in [-0.15, -0.1) is 0 Å². The number of carbonyl (C=O) groups is 1. The van der Waals surface area contributed by atoms with Crippen LogP contribution in [0.5, 0.6) is 0 Å². The fraction of sp³-hybridized carbons (Fsp3) is 0.795. The lowest BCUT2D eigenvalue weighted by Crippen LogP contribution is -2.62. The topological polar surface area (TPSA) is 52.9 Å². The number of nitrogens with zero attached hydrogens (tertiary/aromatic N) is 3. The number of rotatable bonds is 28. The lowest BCUT2D eigenvalue weighted by molar-refractivity contribution is -0.769. The highest BCUT2D eigenvalue weighted by Crippen LogP contribution is 2.24. The van der Waals surface area contributed by atoms with Crippen LogP contribution in [0, 0.1) is 0 Å². The summed E-state index contributed by atoms with van der Waals surface area (Å²) in [4.78, 5) is 20.7. The first-order valence-corrected chi connectivity index (χ1v) is 19.0. The number of amides is 1. The Bertz CT molecular complexity index is 806. The van der Waals surface area contributed by atoms with Gasteiger partial charge >= 0.3 is 12.1 Å². The van der Waals surface area contributed by atoms with Gasteiger partial charge in [0.1, 0.15) is 0 Å². The number of benzene rings is 1. The van der Waals surface area contributed by atoms with Gasteiger partial charge in [-0.05, 0) is 44.2 Å². The molecule has 5 heteroatoms. The lowest BCUT2D eigenvalue weighted by atomic mass is 10.1. The molecule has 0 aliphatic carbocycles. The second-order valence-corrected chi connectivity index (χ2v) is 13.2. The third kappa shape index (κ3) is 17.6. The second kappa shape index (κ2) is 27.4. The highest BCUT2D eigenvalue weighted by atomic mass is 16.4. The molecular weight excluding hydrogens is 542 g/mol. The quantitative estimate of drug-likeness (QED) is 0.0442. The molecule has 0 aromatic heterocycles. The maximum Gasteiger partial charge on any atom is 0.521 e. The van der Waals surface area contributed by atoms with Crippen molar-refractivity contribution in [3.63, 3.8) is 0 Å². The molecule has 0 heterocycles. The van der Waals surface area contributed by atoms with E-state index < -0.39 is 6.09 Å². The SMILES string of the molecule is CCCCCCCCCC/N=C(\N(C)c1ccccc1)[N+](CCCCCCCCCC)(CCCCCCCCCC)C(=O)O. The zero-order valence-corrected chi connectivity index (χ0v) is 29.7. The van der Waals surface area contributed by atoms with Crippen LogP contribution in [0.2, 0.25) is 0 Å². The first-order chi connectivity index (χ1) is 21.5. The van der Waals surface area contributed by atoms with E-state index >= 15 is 0 Å². The largest absolute Gasteiger partial charge is 0.521 e. The number of quaternary nitrogens is 1. The Kier molecular flexibility index (Phi) is 25.0. The van der Waals surface area contributed by atoms with Gasteiger partial charge in [-0.3, -0.25) is 4.90 Å². The summed E-state index contributed by atoms with van der Waals surface area (Å²) in [5, 5.41) is 11.0. The van der Waals surface area contributed by atoms with Crippen molar-refractivity contribution in [2.24, 2.45) is 4.99 Å². The van der Waals surface area contributed by atoms with E-state index in [9.17, 15) is 9.90 Å². The molecule has 5 nitrogen and oxygen atoms in total. The van der Waals surface area contributed by atoms with Crippen molar-refractivity contribution >= 4 is 17.7 Å². The second-order valence-electron chi connectivity index (χ2n) is 13.2. The number of carboxylic acid groups (broad SMARTS) is 1. The zero-order chi connectivity index (χ0) is 32.1. The normalized spacial score (nSPS) is 12.1. The van der Waals surface area contributed by atoms with E-state index in [-0.39, 0.29) is 4.48 Å². The molecule has 44 heavy (non-hydrogen) atoms. The van der Waals surface area contributed by atoms with Crippen LogP contribution in [0.4, 0.5) is 10.5 Å². The minimum Gasteiger partial charge on any atom is -0.435 e. The standard InChI is InChI=1S/C39H71N3O2/c1-5-8-11-14-17-20-23-29-34-40-38(41(4)37-32-27-26-28-33-37)42(39(43)44,35-30-24-21-18-15-12-9-6-2)36-31-25-22-19-16-13-10-7-3/h26-28,32-33H,5-25,29-31,34-36H2,1-4H3/p+1/b40-38+. The first kappa shape index (κ1) is 40.1. The highest BCUT2D eigenvalue weighted by molar-refractivity contribution is 5.95. The predicted molar refractivity (Wildman–Crippen MR) is 193 cm³/mol. The van der Waals surface area contributed by atoms with Crippen LogP contribution in [0.3, 0.4) is 0 Å². The van der Waals surface area contributed by atoms with Gasteiger partial charge in [0.25, 0.3) is 0 Å². The van der Waals surface area contributed by atoms with Crippen LogP contribution >= 0.6 is 0 Å². The maximum absolute atomic E-state index is 13.4. The van der Waals surface area contributed by atoms with Crippen molar-refractivity contribution < 1.29 is 14.4 Å². The molecular formula is C39H72N3O2+. The third-order valence-electron chi connectivity index (χ3n) is 9.24. The molecule has 1 rings (SSSR count). The number of hydrogen-bond acceptors (Lipinski definition) is 2. The van der Waals surface area contributed by atoms with Gasteiger partial charge in [0, 0.05) is 19.3 Å². The van der Waals surface area contributed by atoms with Crippen LogP contribution < -0.4 is 4.90 Å². The van der Waals surface area contributed by atoms with Crippen LogP contribution in [0.25, 0.3) is 0 Å². The molecule has 0 radical (unpaired) electrons. The first-order valence-electron chi connectivity index (χ1n) is 19.0. The van der Waals surface area contributed by atoms with Gasteiger partial charge in [-0.2, -0.15) is 9.28 Å². The molecule has 0 unspecified atom stereocenters. The average Bonchev–Trinajstić information content (AvgIpc) is 3.03. The van der Waals surface area contributed by atoms with Crippen molar-refractivity contribution in [1.82, 2.24) is 0 Å². The van der Waals surface area contributed by atoms with E-state index in [0.29, 0.717) is 19.6 Å². The molecule has 0 atom stereocenters. The van der Waals surface area contributed by atoms with Gasteiger partial charge in [0.15, 0.2) is 0 Å². The highest BCUT2D eigenvalue weighted by Gasteiger charge is 2.44. The van der Waals surface area contributed by atoms with Gasteiger partial charge in [0.05, 0.1) is 13.1 Å². The lowest BCUT2D eigenvalue weighted by Gasteiger charge is -2.37. The minimum absolute atomic E-state index is 0.0475. The van der Waals surface area contributed by atoms with E-state index in [1.54, 1.807) is 0 Å². The molecule has 0 saturated carbocycles. The molecule has 1 amide bonds. The summed E-state index contributed by atoms with van der Waals surface area (Å²) >= 11 is 0. The molecule has 1 N–H and O–H groups in total. The smallest absolute Gasteiger partial charge is 0.435 e. The van der Waals surface area contributed by atoms with E-state index in [0.717, 1.165) is 43.8 Å². The number of para-hydroxylation sites is 1. The molecule has 0 saturated heterocycles. The number of anilines is 1. The Morgan fingerprint density at radius 2 is 0.955 bits per heavy atom. The van der Waals surface area contributed by atoms with Crippen molar-refractivity contribution in [1.29, 1.82) is 0 Å². The van der Waals surface area contributed by atoms with Crippen molar-refractivity contribution in [3.05, 3.63) is 30.3 Å². The Morgan fingerprint density at radius 3 is 1.34 bits per heavy atom. The van der Waals surface area contributed by atoms with E-state index in [1.165, 1.54) is 122 Å². The minimum atomic E-state index is -0.742. The summed E-state index contributed by atoms with van der Waals surface area (Å²) in [5.41, 5.74) is 1.01. The van der Waals surface area contributed by atoms with Crippen molar-refractivity contribution in [2.45, 2.75) is 175 Å². The monoisotopic (exact) mass is 615 g/mol. The molecule has 0 bridgehead atoms. The fourth-order valence-corrected chi connectivity index (χ4v) is 6.34. The average molecular weight is 615 g/mol. The van der Waals surface area contributed by atoms with E-state index in [1.807, 2.05) is 25.2 Å². The van der Waals surface area contributed by atoms with Crippen LogP contribution in [0.15, 0.2) is 35.3 Å². The molecule has 254 valence electrons. The summed E-state index contributed by atoms with van der Waals surface area (Å²) in [5.74, 6) is 0.720. The third-order valence-corrected chi connectivity index (χ3v) is 9.24. The number of unbranched alkanes of at least 4 members (excludes halogenated alkanes) is 21. The summed E-state index contributed by atoms with van der Waals surface area (Å²) in [6, 6.07) is 10.3. The predicted octanol–water partition coefficient (Wildman–Crippen LogP) is 12.4. The Balaban J connectivity index is 3.05. The molecule has 0 aliphatic heterocycles. The molecule has 0 spiro atoms. The van der Waals surface area contributed by atoms with Crippen LogP contribution in [-0.4, -0.2) is 48.3 Å². The number of guanidine groups is 1. The fourth-order valence-electron chi connectivity index (χ4n) is 6.34. The van der Waals surface area contributed by atoms with Gasteiger partial charge in [-0.25, -0.2) is 4.99 Å². The number of hydrogen-bond donors (Lipinski definition) is 1. The van der Waals surface area contributed by atoms with Crippen LogP contribution in [-0.2, 0) is 0 Å². The zero-order valence-electron chi connectivity index (χ0n) is 29.7. The maximum atomic E-state index is 13.4. The van der Waals surface area contributed by atoms with Gasteiger partial charge in [0.2, 0.25) is 0 Å². The van der Waals surface area contributed by atoms with Crippen LogP contribution in [0.1, 0.15) is 175 Å². The number of aliphatic imine (C=N–C) groups is 1. The summed E-state index contributed by atoms with van der Waals surface area (Å²) in [7, 11) is 2.03. The Labute approximate surface area is 273 Å². The molecule has 1 aromatic rings. The summed E-state index contributed by atoms with van der Waals surface area (Å²) in [6.07, 6.45) is 28.7. The molecule has 0 fully saturated rings. The summed E-state index contributed by atoms with van der Waals surface area (Å²) in [6.45, 7) is 8.72. The Morgan fingerprint density at radius 1 is 0.591 bits per heavy atom. The molecule has 0 aliphatic rings. The molecule has 1 aromatic carbocycles. The van der Waals surface area contributed by atoms with Crippen molar-refractivity contribution in [2.75, 3.05) is 31.6 Å². The van der Waals surface area contributed by atoms with Gasteiger partial charge in [-0.1, -0.05) is 161 Å². The van der Waals surface area contributed by atoms with E-state index in [4.69, 9.17) is 4.99 Å². The van der Waals surface area contributed by atoms with Gasteiger partial charge < -0.3 is 5.11 Å². The Hall–Kier alpha value is -1.88. The summed E-state index contributed by atoms with van der Waals surface area (Å²) < 4.78 is -0.0475. The van der Waals surface area contributed by atoms with E-state index in [2.05, 4.69) is 37.8 Å².